The molecule has 0 atom stereocenters. The van der Waals surface area contributed by atoms with Crippen LogP contribution in [0.1, 0.15) is 69.0 Å². The van der Waals surface area contributed by atoms with Gasteiger partial charge >= 0.3 is 5.97 Å². The smallest absolute Gasteiger partial charge is 0.305 e. The molecular formula is C15H21N3O4. The molecule has 22 heavy (non-hydrogen) atoms. The molecular weight excluding hydrogens is 286 g/mol. The van der Waals surface area contributed by atoms with Crippen LogP contribution in [0.4, 0.5) is 0 Å². The number of aromatic nitrogens is 2. The zero-order valence-corrected chi connectivity index (χ0v) is 12.5. The van der Waals surface area contributed by atoms with E-state index in [9.17, 15) is 9.59 Å². The minimum absolute atomic E-state index is 0.00709. The Bertz CT molecular complexity index is 561. The van der Waals surface area contributed by atoms with E-state index in [1.165, 1.54) is 0 Å². The second kappa shape index (κ2) is 6.06. The minimum atomic E-state index is -0.863. The van der Waals surface area contributed by atoms with Crippen molar-refractivity contribution < 1.29 is 19.2 Å². The van der Waals surface area contributed by atoms with Crippen LogP contribution in [0, 0.1) is 0 Å². The Kier molecular flexibility index (Phi) is 4.13. The number of hydrogen-bond donors (Lipinski definition) is 2. The van der Waals surface area contributed by atoms with E-state index < -0.39 is 11.5 Å². The largest absolute Gasteiger partial charge is 0.481 e. The predicted molar refractivity (Wildman–Crippen MR) is 76.2 cm³/mol. The van der Waals surface area contributed by atoms with Gasteiger partial charge in [-0.25, -0.2) is 0 Å². The molecule has 0 unspecified atom stereocenters. The summed E-state index contributed by atoms with van der Waals surface area (Å²) in [6, 6.07) is 0. The summed E-state index contributed by atoms with van der Waals surface area (Å²) in [6.45, 7) is 0. The van der Waals surface area contributed by atoms with Gasteiger partial charge < -0.3 is 14.9 Å². The number of amides is 1. The van der Waals surface area contributed by atoms with Crippen molar-refractivity contribution in [2.24, 2.45) is 0 Å². The first-order valence-electron chi connectivity index (χ1n) is 7.92. The van der Waals surface area contributed by atoms with E-state index >= 15 is 0 Å². The molecule has 2 N–H and O–H groups in total. The van der Waals surface area contributed by atoms with Crippen molar-refractivity contribution in [2.45, 2.75) is 69.2 Å². The molecule has 2 aliphatic rings. The molecule has 2 fully saturated rings. The van der Waals surface area contributed by atoms with Crippen LogP contribution in [0.2, 0.25) is 0 Å². The zero-order chi connectivity index (χ0) is 15.6. The van der Waals surface area contributed by atoms with Crippen molar-refractivity contribution in [3.63, 3.8) is 0 Å². The molecule has 0 saturated heterocycles. The van der Waals surface area contributed by atoms with Gasteiger partial charge in [-0.05, 0) is 38.5 Å². The highest BCUT2D eigenvalue weighted by Crippen LogP contribution is 2.38. The SMILES string of the molecule is O=C(O)CC1(NC(=O)CCCc2nc(C3CC3)no2)CCC1. The molecule has 1 amide bonds. The van der Waals surface area contributed by atoms with Crippen molar-refractivity contribution >= 4 is 11.9 Å². The van der Waals surface area contributed by atoms with Gasteiger partial charge in [-0.15, -0.1) is 0 Å². The monoisotopic (exact) mass is 307 g/mol. The van der Waals surface area contributed by atoms with Gasteiger partial charge in [0.1, 0.15) is 0 Å². The third kappa shape index (κ3) is 3.64. The summed E-state index contributed by atoms with van der Waals surface area (Å²) in [7, 11) is 0. The highest BCUT2D eigenvalue weighted by Gasteiger charge is 2.40. The average Bonchev–Trinajstić information content (AvgIpc) is 3.16. The Morgan fingerprint density at radius 2 is 2.14 bits per heavy atom. The van der Waals surface area contributed by atoms with Gasteiger partial charge in [0, 0.05) is 18.8 Å². The zero-order valence-electron chi connectivity index (χ0n) is 12.5. The maximum Gasteiger partial charge on any atom is 0.305 e. The quantitative estimate of drug-likeness (QED) is 0.758. The minimum Gasteiger partial charge on any atom is -0.481 e. The summed E-state index contributed by atoms with van der Waals surface area (Å²) in [4.78, 5) is 27.2. The number of rotatable bonds is 8. The van der Waals surface area contributed by atoms with Crippen LogP contribution in [0.25, 0.3) is 0 Å². The van der Waals surface area contributed by atoms with E-state index in [0.717, 1.165) is 37.9 Å². The number of carboxylic acid groups (broad SMARTS) is 1. The molecule has 7 nitrogen and oxygen atoms in total. The number of nitrogens with zero attached hydrogens (tertiary/aromatic N) is 2. The number of aryl methyl sites for hydroxylation is 1. The Morgan fingerprint density at radius 3 is 2.73 bits per heavy atom. The van der Waals surface area contributed by atoms with Gasteiger partial charge in [-0.1, -0.05) is 5.16 Å². The summed E-state index contributed by atoms with van der Waals surface area (Å²) in [5.74, 6) is 0.879. The lowest BCUT2D eigenvalue weighted by Crippen LogP contribution is -2.54. The van der Waals surface area contributed by atoms with E-state index in [0.29, 0.717) is 31.1 Å². The molecule has 1 aromatic heterocycles. The number of carbonyl (C=O) groups excluding carboxylic acids is 1. The van der Waals surface area contributed by atoms with Gasteiger partial charge in [0.05, 0.1) is 12.0 Å². The lowest BCUT2D eigenvalue weighted by molar-refractivity contribution is -0.140. The van der Waals surface area contributed by atoms with Crippen molar-refractivity contribution in [3.8, 4) is 0 Å². The predicted octanol–water partition coefficient (Wildman–Crippen LogP) is 1.78. The van der Waals surface area contributed by atoms with Crippen LogP contribution < -0.4 is 5.32 Å². The van der Waals surface area contributed by atoms with E-state index in [4.69, 9.17) is 9.63 Å². The third-order valence-electron chi connectivity index (χ3n) is 4.43. The molecule has 2 aliphatic carbocycles. The highest BCUT2D eigenvalue weighted by molar-refractivity contribution is 5.78. The fraction of sp³-hybridized carbons (Fsp3) is 0.733. The first-order valence-corrected chi connectivity index (χ1v) is 7.92. The van der Waals surface area contributed by atoms with E-state index in [1.807, 2.05) is 0 Å². The average molecular weight is 307 g/mol. The highest BCUT2D eigenvalue weighted by atomic mass is 16.5. The van der Waals surface area contributed by atoms with E-state index in [1.54, 1.807) is 0 Å². The summed E-state index contributed by atoms with van der Waals surface area (Å²) >= 11 is 0. The van der Waals surface area contributed by atoms with Gasteiger partial charge in [-0.2, -0.15) is 4.98 Å². The number of carbonyl (C=O) groups is 2. The first-order chi connectivity index (χ1) is 10.6. The van der Waals surface area contributed by atoms with Crippen molar-refractivity contribution in [3.05, 3.63) is 11.7 Å². The Labute approximate surface area is 128 Å². The summed E-state index contributed by atoms with van der Waals surface area (Å²) in [6.07, 6.45) is 6.30. The van der Waals surface area contributed by atoms with Gasteiger partial charge in [0.15, 0.2) is 5.82 Å². The number of hydrogen-bond acceptors (Lipinski definition) is 5. The van der Waals surface area contributed by atoms with Gasteiger partial charge in [0.2, 0.25) is 11.8 Å². The maximum atomic E-state index is 12.0. The fourth-order valence-corrected chi connectivity index (χ4v) is 2.87. The molecule has 1 aromatic rings. The Hall–Kier alpha value is -1.92. The summed E-state index contributed by atoms with van der Waals surface area (Å²) in [5, 5.41) is 15.8. The second-order valence-corrected chi connectivity index (χ2v) is 6.43. The molecule has 0 bridgehead atoms. The second-order valence-electron chi connectivity index (χ2n) is 6.43. The molecule has 0 aliphatic heterocycles. The van der Waals surface area contributed by atoms with Crippen molar-refractivity contribution in [2.75, 3.05) is 0 Å². The van der Waals surface area contributed by atoms with Crippen LogP contribution in [-0.2, 0) is 16.0 Å². The topological polar surface area (TPSA) is 105 Å². The Balaban J connectivity index is 1.40. The number of aliphatic carboxylic acids is 1. The number of carboxylic acids is 1. The molecule has 3 rings (SSSR count). The van der Waals surface area contributed by atoms with Crippen molar-refractivity contribution in [1.82, 2.24) is 15.5 Å². The molecule has 2 saturated carbocycles. The molecule has 1 heterocycles. The number of nitrogens with one attached hydrogen (secondary N) is 1. The fourth-order valence-electron chi connectivity index (χ4n) is 2.87. The van der Waals surface area contributed by atoms with Gasteiger partial charge in [-0.3, -0.25) is 9.59 Å². The van der Waals surface area contributed by atoms with Crippen LogP contribution in [0.15, 0.2) is 4.52 Å². The molecule has 0 radical (unpaired) electrons. The Morgan fingerprint density at radius 1 is 1.36 bits per heavy atom. The van der Waals surface area contributed by atoms with Crippen LogP contribution >= 0.6 is 0 Å². The standard InChI is InChI=1S/C15H21N3O4/c19-11(17-15(7-2-8-15)9-13(20)21)3-1-4-12-16-14(18-22-12)10-5-6-10/h10H,1-9H2,(H,17,19)(H,20,21). The molecule has 0 spiro atoms. The van der Waals surface area contributed by atoms with E-state index in [-0.39, 0.29) is 12.3 Å². The maximum absolute atomic E-state index is 12.0. The lowest BCUT2D eigenvalue weighted by Gasteiger charge is -2.41. The van der Waals surface area contributed by atoms with Crippen LogP contribution in [0.5, 0.6) is 0 Å². The lowest BCUT2D eigenvalue weighted by atomic mass is 9.74. The van der Waals surface area contributed by atoms with Crippen LogP contribution in [-0.4, -0.2) is 32.7 Å². The third-order valence-corrected chi connectivity index (χ3v) is 4.43. The van der Waals surface area contributed by atoms with E-state index in [2.05, 4.69) is 15.5 Å². The van der Waals surface area contributed by atoms with Crippen molar-refractivity contribution in [1.29, 1.82) is 0 Å². The van der Waals surface area contributed by atoms with Crippen LogP contribution in [0.3, 0.4) is 0 Å². The summed E-state index contributed by atoms with van der Waals surface area (Å²) < 4.78 is 5.16. The summed E-state index contributed by atoms with van der Waals surface area (Å²) in [5.41, 5.74) is -0.521. The molecule has 120 valence electrons. The molecule has 0 aromatic carbocycles. The normalized spacial score (nSPS) is 19.5. The molecule has 7 heteroatoms. The van der Waals surface area contributed by atoms with Gasteiger partial charge in [0.25, 0.3) is 0 Å². The first kappa shape index (κ1) is 15.0.